The molecule has 2 rings (SSSR count). The minimum atomic E-state index is 0.366. The summed E-state index contributed by atoms with van der Waals surface area (Å²) in [5.41, 5.74) is 1.29. The molecule has 0 saturated carbocycles. The van der Waals surface area contributed by atoms with Crippen molar-refractivity contribution in [2.24, 2.45) is 0 Å². The van der Waals surface area contributed by atoms with E-state index in [1.54, 1.807) is 6.07 Å². The van der Waals surface area contributed by atoms with E-state index in [0.717, 1.165) is 10.8 Å². The Balaban J connectivity index is 0.000000606. The molecule has 0 saturated heterocycles. The molecule has 0 aliphatic heterocycles. The van der Waals surface area contributed by atoms with Gasteiger partial charge in [0, 0.05) is 5.39 Å². The summed E-state index contributed by atoms with van der Waals surface area (Å²) >= 11 is 0. The van der Waals surface area contributed by atoms with Gasteiger partial charge in [-0.1, -0.05) is 44.2 Å². The number of rotatable bonds is 1. The summed E-state index contributed by atoms with van der Waals surface area (Å²) < 4.78 is 0. The molecule has 86 valence electrons. The molecule has 0 fully saturated rings. The molecule has 0 aromatic heterocycles. The highest BCUT2D eigenvalue weighted by atomic mass is 17.0. The average molecular weight is 220 g/mol. The van der Waals surface area contributed by atoms with E-state index in [0.29, 0.717) is 11.7 Å². The molecule has 0 radical (unpaired) electrons. The van der Waals surface area contributed by atoms with Gasteiger partial charge < -0.3 is 5.11 Å². The summed E-state index contributed by atoms with van der Waals surface area (Å²) in [5.74, 6) is 0.852. The first-order valence-corrected chi connectivity index (χ1v) is 5.11. The molecule has 3 N–H and O–H groups in total. The molecule has 0 atom stereocenters. The van der Waals surface area contributed by atoms with Crippen LogP contribution in [-0.4, -0.2) is 15.6 Å². The third-order valence-corrected chi connectivity index (χ3v) is 2.55. The van der Waals surface area contributed by atoms with Gasteiger partial charge in [-0.15, -0.1) is 0 Å². The number of phenolic OH excluding ortho intramolecular Hbond substituents is 1. The number of aromatic hydroxyl groups is 1. The summed E-state index contributed by atoms with van der Waals surface area (Å²) in [4.78, 5) is 0. The number of hydrogen-bond acceptors (Lipinski definition) is 3. The van der Waals surface area contributed by atoms with Gasteiger partial charge in [0.25, 0.3) is 0 Å². The summed E-state index contributed by atoms with van der Waals surface area (Å²) in [7, 11) is 0. The Morgan fingerprint density at radius 2 is 1.44 bits per heavy atom. The maximum absolute atomic E-state index is 9.68. The van der Waals surface area contributed by atoms with E-state index in [2.05, 4.69) is 26.0 Å². The van der Waals surface area contributed by atoms with Gasteiger partial charge in [0.05, 0.1) is 0 Å². The predicted octanol–water partition coefficient (Wildman–Crippen LogP) is 3.69. The lowest BCUT2D eigenvalue weighted by molar-refractivity contribution is -0.176. The lowest BCUT2D eigenvalue weighted by Crippen LogP contribution is -1.88. The van der Waals surface area contributed by atoms with E-state index in [-0.39, 0.29) is 0 Å². The molecule has 0 amide bonds. The number of fused-ring (bicyclic) bond motifs is 1. The Bertz CT molecular complexity index is 464. The van der Waals surface area contributed by atoms with Gasteiger partial charge in [-0.05, 0) is 22.9 Å². The first-order chi connectivity index (χ1) is 7.70. The van der Waals surface area contributed by atoms with Crippen LogP contribution in [-0.2, 0) is 0 Å². The van der Waals surface area contributed by atoms with Crippen LogP contribution in [0.4, 0.5) is 0 Å². The van der Waals surface area contributed by atoms with Gasteiger partial charge >= 0.3 is 0 Å². The van der Waals surface area contributed by atoms with Crippen molar-refractivity contribution in [3.63, 3.8) is 0 Å². The lowest BCUT2D eigenvalue weighted by Gasteiger charge is -2.10. The number of phenols is 1. The highest BCUT2D eigenvalue weighted by Crippen LogP contribution is 2.30. The van der Waals surface area contributed by atoms with E-state index in [9.17, 15) is 5.11 Å². The van der Waals surface area contributed by atoms with E-state index < -0.39 is 0 Å². The molecule has 3 heteroatoms. The molecule has 0 heterocycles. The largest absolute Gasteiger partial charge is 0.507 e. The predicted molar refractivity (Wildman–Crippen MR) is 65.0 cm³/mol. The molecule has 2 aromatic rings. The fourth-order valence-electron chi connectivity index (χ4n) is 1.82. The molecule has 16 heavy (non-hydrogen) atoms. The number of hydrogen-bond donors (Lipinski definition) is 3. The molecular weight excluding hydrogens is 204 g/mol. The third kappa shape index (κ3) is 2.32. The first kappa shape index (κ1) is 12.5. The summed E-state index contributed by atoms with van der Waals surface area (Å²) in [6.07, 6.45) is 0. The van der Waals surface area contributed by atoms with Gasteiger partial charge in [-0.25, -0.2) is 0 Å². The van der Waals surface area contributed by atoms with Gasteiger partial charge in [0.15, 0.2) is 0 Å². The fraction of sp³-hybridized carbons (Fsp3) is 0.231. The smallest absolute Gasteiger partial charge is 0.123 e. The Morgan fingerprint density at radius 1 is 0.875 bits per heavy atom. The fourth-order valence-corrected chi connectivity index (χ4v) is 1.82. The van der Waals surface area contributed by atoms with Crippen molar-refractivity contribution in [2.75, 3.05) is 0 Å². The lowest BCUT2D eigenvalue weighted by atomic mass is 9.96. The highest BCUT2D eigenvalue weighted by molar-refractivity contribution is 5.90. The second-order valence-electron chi connectivity index (χ2n) is 3.87. The Labute approximate surface area is 94.5 Å². The van der Waals surface area contributed by atoms with Crippen molar-refractivity contribution in [3.05, 3.63) is 42.0 Å². The normalized spacial score (nSPS) is 10.1. The van der Waals surface area contributed by atoms with Crippen LogP contribution < -0.4 is 0 Å². The van der Waals surface area contributed by atoms with Crippen LogP contribution in [0.5, 0.6) is 5.75 Å². The van der Waals surface area contributed by atoms with Crippen molar-refractivity contribution in [2.45, 2.75) is 19.8 Å². The molecular formula is C13H16O3. The van der Waals surface area contributed by atoms with Crippen LogP contribution in [0.25, 0.3) is 10.8 Å². The molecule has 2 aromatic carbocycles. The third-order valence-electron chi connectivity index (χ3n) is 2.55. The molecule has 0 spiro atoms. The van der Waals surface area contributed by atoms with E-state index in [1.807, 2.05) is 18.2 Å². The van der Waals surface area contributed by atoms with Gasteiger partial charge in [0.1, 0.15) is 5.75 Å². The van der Waals surface area contributed by atoms with Gasteiger partial charge in [-0.2, -0.15) is 0 Å². The van der Waals surface area contributed by atoms with Crippen LogP contribution in [0.1, 0.15) is 25.3 Å². The minimum absolute atomic E-state index is 0.366. The zero-order chi connectivity index (χ0) is 12.1. The number of benzene rings is 2. The Morgan fingerprint density at radius 3 is 2.06 bits per heavy atom. The van der Waals surface area contributed by atoms with E-state index >= 15 is 0 Å². The van der Waals surface area contributed by atoms with E-state index in [1.165, 1.54) is 5.56 Å². The first-order valence-electron chi connectivity index (χ1n) is 5.11. The molecule has 0 bridgehead atoms. The standard InChI is InChI=1S/C13H14O.H2O2/c1-9(2)10-5-3-7-12-11(10)6-4-8-13(12)14;1-2/h3-9,14H,1-2H3;1-2H. The topological polar surface area (TPSA) is 60.7 Å². The molecule has 0 aliphatic rings. The quantitative estimate of drug-likeness (QED) is 0.507. The zero-order valence-electron chi connectivity index (χ0n) is 9.38. The van der Waals surface area contributed by atoms with Gasteiger partial charge in [0.2, 0.25) is 0 Å². The van der Waals surface area contributed by atoms with Crippen molar-refractivity contribution in [3.8, 4) is 5.75 Å². The zero-order valence-corrected chi connectivity index (χ0v) is 9.38. The van der Waals surface area contributed by atoms with Crippen LogP contribution in [0, 0.1) is 0 Å². The summed E-state index contributed by atoms with van der Waals surface area (Å²) in [6.45, 7) is 4.33. The summed E-state index contributed by atoms with van der Waals surface area (Å²) in [5, 5.41) is 23.8. The van der Waals surface area contributed by atoms with Gasteiger partial charge in [-0.3, -0.25) is 10.5 Å². The minimum Gasteiger partial charge on any atom is -0.507 e. The molecule has 0 unspecified atom stereocenters. The maximum atomic E-state index is 9.68. The SMILES string of the molecule is CC(C)c1cccc2c(O)cccc12.OO. The van der Waals surface area contributed by atoms with Crippen molar-refractivity contribution in [1.29, 1.82) is 0 Å². The molecule has 3 nitrogen and oxygen atoms in total. The summed E-state index contributed by atoms with van der Waals surface area (Å²) in [6, 6.07) is 11.8. The van der Waals surface area contributed by atoms with Crippen LogP contribution in [0.3, 0.4) is 0 Å². The molecule has 0 aliphatic carbocycles. The van der Waals surface area contributed by atoms with Crippen LogP contribution in [0.15, 0.2) is 36.4 Å². The average Bonchev–Trinajstić information content (AvgIpc) is 2.31. The van der Waals surface area contributed by atoms with Crippen LogP contribution >= 0.6 is 0 Å². The monoisotopic (exact) mass is 220 g/mol. The van der Waals surface area contributed by atoms with E-state index in [4.69, 9.17) is 10.5 Å². The highest BCUT2D eigenvalue weighted by Gasteiger charge is 2.06. The Hall–Kier alpha value is -1.58. The second kappa shape index (κ2) is 5.49. The maximum Gasteiger partial charge on any atom is 0.123 e. The Kier molecular flexibility index (Phi) is 4.28. The van der Waals surface area contributed by atoms with Crippen molar-refractivity contribution < 1.29 is 15.6 Å². The van der Waals surface area contributed by atoms with Crippen molar-refractivity contribution >= 4 is 10.8 Å². The van der Waals surface area contributed by atoms with Crippen molar-refractivity contribution in [1.82, 2.24) is 0 Å². The second-order valence-corrected chi connectivity index (χ2v) is 3.87. The van der Waals surface area contributed by atoms with Crippen LogP contribution in [0.2, 0.25) is 0 Å².